The van der Waals surface area contributed by atoms with Gasteiger partial charge in [-0.15, -0.1) is 0 Å². The van der Waals surface area contributed by atoms with E-state index in [9.17, 15) is 0 Å². The van der Waals surface area contributed by atoms with Crippen molar-refractivity contribution in [1.82, 2.24) is 0 Å². The number of methoxy groups -OCH3 is 1. The van der Waals surface area contributed by atoms with Gasteiger partial charge in [0.05, 0.1) is 0 Å². The molecule has 0 amide bonds. The van der Waals surface area contributed by atoms with Crippen LogP contribution in [-0.2, 0) is 9.47 Å². The molecule has 14 heavy (non-hydrogen) atoms. The van der Waals surface area contributed by atoms with Crippen LogP contribution in [0.2, 0.25) is 0 Å². The molecule has 4 nitrogen and oxygen atoms in total. The fourth-order valence-corrected chi connectivity index (χ4v) is 0.944. The highest BCUT2D eigenvalue weighted by molar-refractivity contribution is 4.85. The van der Waals surface area contributed by atoms with Crippen LogP contribution in [0.25, 0.3) is 0 Å². The van der Waals surface area contributed by atoms with E-state index >= 15 is 0 Å². The van der Waals surface area contributed by atoms with Crippen LogP contribution in [0.3, 0.4) is 0 Å². The highest BCUT2D eigenvalue weighted by Crippen LogP contribution is 2.09. The van der Waals surface area contributed by atoms with Crippen molar-refractivity contribution in [2.24, 2.45) is 0 Å². The Hall–Kier alpha value is -0.420. The highest BCUT2D eigenvalue weighted by atomic mass is 16.5. The van der Waals surface area contributed by atoms with Crippen LogP contribution >= 0.6 is 0 Å². The smallest absolute Gasteiger partial charge is 0.182 e. The second-order valence-electron chi connectivity index (χ2n) is 3.14. The third-order valence-electron chi connectivity index (χ3n) is 1.80. The van der Waals surface area contributed by atoms with E-state index in [4.69, 9.17) is 19.7 Å². The van der Waals surface area contributed by atoms with Gasteiger partial charge in [0.1, 0.15) is 0 Å². The van der Waals surface area contributed by atoms with Crippen LogP contribution in [0.15, 0.2) is 12.7 Å². The minimum Gasteiger partial charge on any atom is -0.385 e. The van der Waals surface area contributed by atoms with Crippen LogP contribution in [0.1, 0.15) is 19.3 Å². The molecule has 0 heterocycles. The Morgan fingerprint density at radius 3 is 2.43 bits per heavy atom. The first kappa shape index (κ1) is 13.6. The summed E-state index contributed by atoms with van der Waals surface area (Å²) < 4.78 is 10.1. The fourth-order valence-electron chi connectivity index (χ4n) is 0.944. The Bertz CT molecular complexity index is 145. The Morgan fingerprint density at radius 2 is 1.86 bits per heavy atom. The molecule has 0 aliphatic heterocycles. The summed E-state index contributed by atoms with van der Waals surface area (Å²) in [6, 6.07) is 0. The summed E-state index contributed by atoms with van der Waals surface area (Å²) in [6.07, 6.45) is 2.84. The second-order valence-corrected chi connectivity index (χ2v) is 3.14. The highest BCUT2D eigenvalue weighted by Gasteiger charge is 2.16. The quantitative estimate of drug-likeness (QED) is 0.329. The van der Waals surface area contributed by atoms with Crippen LogP contribution < -0.4 is 0 Å². The monoisotopic (exact) mass is 204 g/mol. The predicted octanol–water partition coefficient (Wildman–Crippen LogP) is 0.687. The van der Waals surface area contributed by atoms with Crippen molar-refractivity contribution in [3.05, 3.63) is 12.7 Å². The summed E-state index contributed by atoms with van der Waals surface area (Å²) in [5.41, 5.74) is 0. The summed E-state index contributed by atoms with van der Waals surface area (Å²) in [5.74, 6) is -1.75. The molecule has 2 N–H and O–H groups in total. The van der Waals surface area contributed by atoms with Gasteiger partial charge in [-0.25, -0.2) is 0 Å². The van der Waals surface area contributed by atoms with E-state index < -0.39 is 5.79 Å². The maximum absolute atomic E-state index is 9.13. The molecular formula is C10H20O4. The largest absolute Gasteiger partial charge is 0.385 e. The van der Waals surface area contributed by atoms with Crippen molar-refractivity contribution in [2.75, 3.05) is 26.9 Å². The molecule has 0 saturated carbocycles. The lowest BCUT2D eigenvalue weighted by Gasteiger charge is -2.16. The van der Waals surface area contributed by atoms with Gasteiger partial charge in [-0.3, -0.25) is 0 Å². The molecule has 84 valence electrons. The maximum atomic E-state index is 9.13. The summed E-state index contributed by atoms with van der Waals surface area (Å²) in [4.78, 5) is 0. The summed E-state index contributed by atoms with van der Waals surface area (Å²) in [7, 11) is 1.65. The first-order chi connectivity index (χ1) is 6.62. The van der Waals surface area contributed by atoms with Crippen molar-refractivity contribution >= 4 is 0 Å². The molecule has 0 aromatic heterocycles. The first-order valence-corrected chi connectivity index (χ1v) is 4.77. The van der Waals surface area contributed by atoms with Crippen LogP contribution in [-0.4, -0.2) is 42.9 Å². The average Bonchev–Trinajstić information content (AvgIpc) is 2.16. The minimum atomic E-state index is -1.75. The second kappa shape index (κ2) is 7.94. The molecule has 0 saturated heterocycles. The Balaban J connectivity index is 3.17. The predicted molar refractivity (Wildman–Crippen MR) is 53.9 cm³/mol. The van der Waals surface area contributed by atoms with E-state index in [1.54, 1.807) is 7.11 Å². The summed E-state index contributed by atoms with van der Waals surface area (Å²) in [6.45, 7) is 5.18. The Labute approximate surface area is 85.1 Å². The molecule has 0 rings (SSSR count). The van der Waals surface area contributed by atoms with Gasteiger partial charge in [0.25, 0.3) is 0 Å². The minimum absolute atomic E-state index is 0.251. The van der Waals surface area contributed by atoms with Crippen molar-refractivity contribution in [3.8, 4) is 0 Å². The fraction of sp³-hybridized carbons (Fsp3) is 0.800. The van der Waals surface area contributed by atoms with Gasteiger partial charge in [0.2, 0.25) is 0 Å². The number of aliphatic hydroxyl groups is 2. The lowest BCUT2D eigenvalue weighted by molar-refractivity contribution is -0.126. The zero-order chi connectivity index (χ0) is 10.9. The zero-order valence-electron chi connectivity index (χ0n) is 8.74. The molecule has 0 aliphatic carbocycles. The number of rotatable bonds is 9. The molecule has 0 fully saturated rings. The number of hydrogen-bond acceptors (Lipinski definition) is 4. The normalized spacial score (nSPS) is 11.6. The van der Waals surface area contributed by atoms with Gasteiger partial charge in [-0.05, 0) is 18.9 Å². The SMILES string of the molecule is C=CC(O)(O)CCCOCCCOC. The van der Waals surface area contributed by atoms with Gasteiger partial charge >= 0.3 is 0 Å². The van der Waals surface area contributed by atoms with Crippen molar-refractivity contribution in [1.29, 1.82) is 0 Å². The molecule has 0 bridgehead atoms. The van der Waals surface area contributed by atoms with E-state index in [-0.39, 0.29) is 6.42 Å². The molecule has 4 heteroatoms. The lowest BCUT2D eigenvalue weighted by Crippen LogP contribution is -2.24. The standard InChI is InChI=1S/C10H20O4/c1-3-10(11,12)6-4-8-14-9-5-7-13-2/h3,11-12H,1,4-9H2,2H3. The Kier molecular flexibility index (Phi) is 7.70. The molecule has 0 aromatic rings. The van der Waals surface area contributed by atoms with Crippen molar-refractivity contribution < 1.29 is 19.7 Å². The summed E-state index contributed by atoms with van der Waals surface area (Å²) >= 11 is 0. The molecule has 0 aliphatic rings. The van der Waals surface area contributed by atoms with Crippen LogP contribution in [0, 0.1) is 0 Å². The molecule has 0 atom stereocenters. The van der Waals surface area contributed by atoms with E-state index in [2.05, 4.69) is 6.58 Å². The molecular weight excluding hydrogens is 184 g/mol. The summed E-state index contributed by atoms with van der Waals surface area (Å²) in [5, 5.41) is 18.3. The van der Waals surface area contributed by atoms with Crippen molar-refractivity contribution in [3.63, 3.8) is 0 Å². The van der Waals surface area contributed by atoms with Gasteiger partial charge < -0.3 is 19.7 Å². The number of ether oxygens (including phenoxy) is 2. The molecule has 0 aromatic carbocycles. The van der Waals surface area contributed by atoms with E-state index in [1.807, 2.05) is 0 Å². The molecule has 0 radical (unpaired) electrons. The van der Waals surface area contributed by atoms with Crippen molar-refractivity contribution in [2.45, 2.75) is 25.0 Å². The molecule has 0 spiro atoms. The lowest BCUT2D eigenvalue weighted by atomic mass is 10.1. The Morgan fingerprint density at radius 1 is 1.21 bits per heavy atom. The van der Waals surface area contributed by atoms with Gasteiger partial charge in [0, 0.05) is 33.4 Å². The third-order valence-corrected chi connectivity index (χ3v) is 1.80. The first-order valence-electron chi connectivity index (χ1n) is 4.77. The van der Waals surface area contributed by atoms with Gasteiger partial charge in [0.15, 0.2) is 5.79 Å². The topological polar surface area (TPSA) is 58.9 Å². The third kappa shape index (κ3) is 8.19. The van der Waals surface area contributed by atoms with Gasteiger partial charge in [-0.2, -0.15) is 0 Å². The van der Waals surface area contributed by atoms with Crippen LogP contribution in [0.4, 0.5) is 0 Å². The maximum Gasteiger partial charge on any atom is 0.182 e. The van der Waals surface area contributed by atoms with E-state index in [1.165, 1.54) is 0 Å². The molecule has 0 unspecified atom stereocenters. The number of hydrogen-bond donors (Lipinski definition) is 2. The van der Waals surface area contributed by atoms with Gasteiger partial charge in [-0.1, -0.05) is 6.58 Å². The van der Waals surface area contributed by atoms with E-state index in [0.717, 1.165) is 12.5 Å². The van der Waals surface area contributed by atoms with Crippen LogP contribution in [0.5, 0.6) is 0 Å². The zero-order valence-corrected chi connectivity index (χ0v) is 8.74. The van der Waals surface area contributed by atoms with E-state index in [0.29, 0.717) is 26.2 Å². The average molecular weight is 204 g/mol.